The lowest BCUT2D eigenvalue weighted by Gasteiger charge is -2.30. The molecule has 1 saturated carbocycles. The van der Waals surface area contributed by atoms with Gasteiger partial charge in [-0.1, -0.05) is 12.8 Å². The Labute approximate surface area is 123 Å². The van der Waals surface area contributed by atoms with Gasteiger partial charge in [-0.05, 0) is 26.7 Å². The molecule has 1 aliphatic rings. The average molecular weight is 297 g/mol. The molecule has 2 rings (SSSR count). The molecule has 1 aromatic rings. The maximum Gasteiger partial charge on any atom is 0.315 e. The minimum absolute atomic E-state index is 0.0898. The number of hydrogen-bond acceptors (Lipinski definition) is 4. The highest BCUT2D eigenvalue weighted by molar-refractivity contribution is 7.11. The van der Waals surface area contributed by atoms with Crippen molar-refractivity contribution in [3.63, 3.8) is 0 Å². The molecule has 2 amide bonds. The zero-order valence-electron chi connectivity index (χ0n) is 12.1. The number of nitrogens with one attached hydrogen (secondary N) is 2. The van der Waals surface area contributed by atoms with Crippen molar-refractivity contribution in [2.75, 3.05) is 6.61 Å². The lowest BCUT2D eigenvalue weighted by molar-refractivity contribution is 0.153. The van der Waals surface area contributed by atoms with Crippen molar-refractivity contribution in [3.8, 4) is 0 Å². The number of hydrogen-bond donors (Lipinski definition) is 3. The molecule has 2 atom stereocenters. The van der Waals surface area contributed by atoms with Gasteiger partial charge in [0.05, 0.1) is 17.2 Å². The summed E-state index contributed by atoms with van der Waals surface area (Å²) >= 11 is 1.64. The second-order valence-electron chi connectivity index (χ2n) is 5.40. The maximum absolute atomic E-state index is 11.9. The highest BCUT2D eigenvalue weighted by atomic mass is 32.1. The fourth-order valence-electron chi connectivity index (χ4n) is 2.74. The molecule has 20 heavy (non-hydrogen) atoms. The van der Waals surface area contributed by atoms with Crippen LogP contribution in [-0.2, 0) is 6.54 Å². The molecule has 1 aromatic heterocycles. The molecule has 0 radical (unpaired) electrons. The summed E-state index contributed by atoms with van der Waals surface area (Å²) in [7, 11) is 0. The summed E-state index contributed by atoms with van der Waals surface area (Å²) in [5, 5.41) is 16.2. The van der Waals surface area contributed by atoms with E-state index < -0.39 is 0 Å². The van der Waals surface area contributed by atoms with Crippen LogP contribution in [0.3, 0.4) is 0 Å². The Morgan fingerprint density at radius 2 is 2.15 bits per heavy atom. The second-order valence-corrected chi connectivity index (χ2v) is 6.80. The van der Waals surface area contributed by atoms with Gasteiger partial charge in [0.25, 0.3) is 0 Å². The third kappa shape index (κ3) is 3.93. The Hall–Kier alpha value is -1.14. The van der Waals surface area contributed by atoms with E-state index in [0.29, 0.717) is 6.54 Å². The molecular weight excluding hydrogens is 274 g/mol. The number of aliphatic hydroxyl groups excluding tert-OH is 1. The second kappa shape index (κ2) is 7.04. The zero-order valence-corrected chi connectivity index (χ0v) is 12.9. The van der Waals surface area contributed by atoms with Crippen LogP contribution in [0.2, 0.25) is 0 Å². The van der Waals surface area contributed by atoms with Crippen LogP contribution in [-0.4, -0.2) is 28.8 Å². The van der Waals surface area contributed by atoms with Crippen molar-refractivity contribution >= 4 is 17.4 Å². The number of amides is 2. The van der Waals surface area contributed by atoms with Crippen LogP contribution in [0.1, 0.15) is 41.3 Å². The largest absolute Gasteiger partial charge is 0.396 e. The van der Waals surface area contributed by atoms with Crippen LogP contribution in [0.15, 0.2) is 0 Å². The molecule has 3 N–H and O–H groups in total. The molecule has 1 aliphatic carbocycles. The van der Waals surface area contributed by atoms with Gasteiger partial charge in [-0.25, -0.2) is 9.78 Å². The van der Waals surface area contributed by atoms with Crippen LogP contribution in [0.25, 0.3) is 0 Å². The topological polar surface area (TPSA) is 74.2 Å². The van der Waals surface area contributed by atoms with Gasteiger partial charge in [0.2, 0.25) is 0 Å². The number of carbonyl (C=O) groups is 1. The Kier molecular flexibility index (Phi) is 5.37. The number of aromatic nitrogens is 1. The number of aliphatic hydroxyl groups is 1. The van der Waals surface area contributed by atoms with Crippen LogP contribution >= 0.6 is 11.3 Å². The molecule has 6 heteroatoms. The molecule has 0 saturated heterocycles. The molecule has 112 valence electrons. The van der Waals surface area contributed by atoms with Gasteiger partial charge in [-0.2, -0.15) is 0 Å². The third-order valence-corrected chi connectivity index (χ3v) is 4.80. The summed E-state index contributed by atoms with van der Waals surface area (Å²) in [4.78, 5) is 17.5. The van der Waals surface area contributed by atoms with E-state index in [-0.39, 0.29) is 24.6 Å². The number of nitrogens with zero attached hydrogens (tertiary/aromatic N) is 1. The summed E-state index contributed by atoms with van der Waals surface area (Å²) in [6.45, 7) is 4.59. The minimum Gasteiger partial charge on any atom is -0.396 e. The first-order valence-electron chi connectivity index (χ1n) is 7.18. The lowest BCUT2D eigenvalue weighted by Crippen LogP contribution is -2.47. The van der Waals surface area contributed by atoms with E-state index in [9.17, 15) is 9.90 Å². The summed E-state index contributed by atoms with van der Waals surface area (Å²) in [6, 6.07) is -0.0765. The van der Waals surface area contributed by atoms with Gasteiger partial charge in [-0.3, -0.25) is 0 Å². The van der Waals surface area contributed by atoms with Crippen molar-refractivity contribution in [1.29, 1.82) is 0 Å². The number of rotatable bonds is 4. The predicted molar refractivity (Wildman–Crippen MR) is 79.8 cm³/mol. The van der Waals surface area contributed by atoms with Gasteiger partial charge in [0.1, 0.15) is 0 Å². The zero-order chi connectivity index (χ0) is 14.5. The molecule has 1 heterocycles. The first kappa shape index (κ1) is 15.3. The predicted octanol–water partition coefficient (Wildman–Crippen LogP) is 2.11. The van der Waals surface area contributed by atoms with Gasteiger partial charge in [0.15, 0.2) is 0 Å². The fourth-order valence-corrected chi connectivity index (χ4v) is 3.57. The van der Waals surface area contributed by atoms with Crippen LogP contribution in [0.4, 0.5) is 4.79 Å². The molecule has 5 nitrogen and oxygen atoms in total. The SMILES string of the molecule is Cc1nc(CNC(=O)NC2CCCCC2CO)c(C)s1. The third-order valence-electron chi connectivity index (χ3n) is 3.88. The normalized spacial score (nSPS) is 22.6. The summed E-state index contributed by atoms with van der Waals surface area (Å²) in [5.74, 6) is 0.192. The summed E-state index contributed by atoms with van der Waals surface area (Å²) in [5.41, 5.74) is 0.935. The van der Waals surface area contributed by atoms with Crippen LogP contribution in [0, 0.1) is 19.8 Å². The monoisotopic (exact) mass is 297 g/mol. The van der Waals surface area contributed by atoms with E-state index in [1.54, 1.807) is 11.3 Å². The van der Waals surface area contributed by atoms with Crippen molar-refractivity contribution in [2.45, 2.75) is 52.1 Å². The Bertz CT molecular complexity index is 461. The number of thiazole rings is 1. The van der Waals surface area contributed by atoms with Crippen molar-refractivity contribution in [2.24, 2.45) is 5.92 Å². The van der Waals surface area contributed by atoms with Gasteiger partial charge in [-0.15, -0.1) is 11.3 Å². The van der Waals surface area contributed by atoms with Crippen LogP contribution in [0.5, 0.6) is 0 Å². The molecule has 2 unspecified atom stereocenters. The van der Waals surface area contributed by atoms with Gasteiger partial charge >= 0.3 is 6.03 Å². The summed E-state index contributed by atoms with van der Waals surface area (Å²) < 4.78 is 0. The molecule has 1 fully saturated rings. The molecule has 0 aliphatic heterocycles. The van der Waals surface area contributed by atoms with E-state index in [1.165, 1.54) is 0 Å². The average Bonchev–Trinajstić information content (AvgIpc) is 2.75. The van der Waals surface area contributed by atoms with Crippen LogP contribution < -0.4 is 10.6 Å². The maximum atomic E-state index is 11.9. The highest BCUT2D eigenvalue weighted by Gasteiger charge is 2.25. The fraction of sp³-hybridized carbons (Fsp3) is 0.714. The summed E-state index contributed by atoms with van der Waals surface area (Å²) in [6.07, 6.45) is 4.20. The molecule has 0 bridgehead atoms. The van der Waals surface area contributed by atoms with Crippen molar-refractivity contribution in [1.82, 2.24) is 15.6 Å². The molecule has 0 spiro atoms. The van der Waals surface area contributed by atoms with Gasteiger partial charge < -0.3 is 15.7 Å². The highest BCUT2D eigenvalue weighted by Crippen LogP contribution is 2.23. The van der Waals surface area contributed by atoms with E-state index in [4.69, 9.17) is 0 Å². The molecule has 0 aromatic carbocycles. The Morgan fingerprint density at radius 3 is 2.80 bits per heavy atom. The first-order chi connectivity index (χ1) is 9.60. The Balaban J connectivity index is 1.81. The number of urea groups is 1. The van der Waals surface area contributed by atoms with Gasteiger partial charge in [0, 0.05) is 23.4 Å². The van der Waals surface area contributed by atoms with E-state index in [2.05, 4.69) is 15.6 Å². The van der Waals surface area contributed by atoms with E-state index in [1.807, 2.05) is 13.8 Å². The first-order valence-corrected chi connectivity index (χ1v) is 8.00. The quantitative estimate of drug-likeness (QED) is 0.797. The lowest BCUT2D eigenvalue weighted by atomic mass is 9.85. The standard InChI is InChI=1S/C14H23N3O2S/c1-9-13(16-10(2)20-9)7-15-14(19)17-12-6-4-3-5-11(12)8-18/h11-12,18H,3-8H2,1-2H3,(H2,15,17,19). The van der Waals surface area contributed by atoms with E-state index >= 15 is 0 Å². The smallest absolute Gasteiger partial charge is 0.315 e. The molecular formula is C14H23N3O2S. The number of aryl methyl sites for hydroxylation is 2. The van der Waals surface area contributed by atoms with Crippen molar-refractivity contribution in [3.05, 3.63) is 15.6 Å². The Morgan fingerprint density at radius 1 is 1.40 bits per heavy atom. The van der Waals surface area contributed by atoms with E-state index in [0.717, 1.165) is 41.3 Å². The minimum atomic E-state index is -0.166. The number of carbonyl (C=O) groups excluding carboxylic acids is 1. The van der Waals surface area contributed by atoms with Crippen molar-refractivity contribution < 1.29 is 9.90 Å².